The number of sulfonamides is 1. The standard InChI is InChI=1S/C17H18ClN3O5S/c1-11-5-4-6-13(9-11)20(27(3,25)26)12(2)17(22)19-16-10-14(21(23)24)7-8-15(16)18/h4-10,12H,1-3H3,(H,19,22)/t12-/m0/s1. The second kappa shape index (κ2) is 7.93. The largest absolute Gasteiger partial charge is 0.323 e. The highest BCUT2D eigenvalue weighted by molar-refractivity contribution is 7.92. The van der Waals surface area contributed by atoms with Crippen LogP contribution in [0.2, 0.25) is 5.02 Å². The first-order valence-electron chi connectivity index (χ1n) is 7.81. The van der Waals surface area contributed by atoms with Crippen molar-refractivity contribution in [3.05, 3.63) is 63.2 Å². The quantitative estimate of drug-likeness (QED) is 0.579. The predicted molar refractivity (Wildman–Crippen MR) is 105 cm³/mol. The van der Waals surface area contributed by atoms with E-state index in [0.717, 1.165) is 22.2 Å². The molecule has 27 heavy (non-hydrogen) atoms. The van der Waals surface area contributed by atoms with Gasteiger partial charge in [-0.05, 0) is 37.6 Å². The second-order valence-corrected chi connectivity index (χ2v) is 8.25. The van der Waals surface area contributed by atoms with E-state index in [4.69, 9.17) is 11.6 Å². The Morgan fingerprint density at radius 3 is 2.48 bits per heavy atom. The topological polar surface area (TPSA) is 110 Å². The fourth-order valence-electron chi connectivity index (χ4n) is 2.53. The zero-order valence-corrected chi connectivity index (χ0v) is 16.4. The summed E-state index contributed by atoms with van der Waals surface area (Å²) < 4.78 is 25.6. The van der Waals surface area contributed by atoms with Crippen molar-refractivity contribution >= 4 is 44.6 Å². The highest BCUT2D eigenvalue weighted by atomic mass is 35.5. The number of anilines is 2. The van der Waals surface area contributed by atoms with Crippen molar-refractivity contribution in [2.45, 2.75) is 19.9 Å². The Hall–Kier alpha value is -2.65. The molecule has 0 aliphatic rings. The summed E-state index contributed by atoms with van der Waals surface area (Å²) in [6.45, 7) is 3.22. The molecule has 1 amide bonds. The molecule has 0 aliphatic carbocycles. The molecule has 1 N–H and O–H groups in total. The lowest BCUT2D eigenvalue weighted by molar-refractivity contribution is -0.384. The first kappa shape index (κ1) is 20.7. The van der Waals surface area contributed by atoms with Crippen molar-refractivity contribution in [1.82, 2.24) is 0 Å². The van der Waals surface area contributed by atoms with Crippen molar-refractivity contribution in [2.24, 2.45) is 0 Å². The van der Waals surface area contributed by atoms with Crippen LogP contribution in [0.4, 0.5) is 17.1 Å². The number of carbonyl (C=O) groups excluding carboxylic acids is 1. The van der Waals surface area contributed by atoms with Crippen LogP contribution in [0.1, 0.15) is 12.5 Å². The number of halogens is 1. The highest BCUT2D eigenvalue weighted by Crippen LogP contribution is 2.28. The van der Waals surface area contributed by atoms with Gasteiger partial charge in [0.05, 0.1) is 27.6 Å². The number of hydrogen-bond donors (Lipinski definition) is 1. The van der Waals surface area contributed by atoms with Crippen LogP contribution in [-0.2, 0) is 14.8 Å². The Labute approximate surface area is 162 Å². The number of rotatable bonds is 6. The lowest BCUT2D eigenvalue weighted by Gasteiger charge is -2.28. The number of nitrogens with zero attached hydrogens (tertiary/aromatic N) is 2. The summed E-state index contributed by atoms with van der Waals surface area (Å²) in [6.07, 6.45) is 0.999. The number of nitro groups is 1. The first-order chi connectivity index (χ1) is 12.5. The molecule has 0 aliphatic heterocycles. The van der Waals surface area contributed by atoms with Crippen LogP contribution < -0.4 is 9.62 Å². The van der Waals surface area contributed by atoms with Gasteiger partial charge in [0, 0.05) is 12.1 Å². The lowest BCUT2D eigenvalue weighted by Crippen LogP contribution is -2.45. The Kier molecular flexibility index (Phi) is 6.07. The van der Waals surface area contributed by atoms with Crippen LogP contribution in [0.15, 0.2) is 42.5 Å². The summed E-state index contributed by atoms with van der Waals surface area (Å²) in [6, 6.07) is 9.21. The van der Waals surface area contributed by atoms with E-state index in [-0.39, 0.29) is 16.4 Å². The van der Waals surface area contributed by atoms with E-state index in [1.807, 2.05) is 0 Å². The Bertz CT molecular complexity index is 994. The highest BCUT2D eigenvalue weighted by Gasteiger charge is 2.29. The van der Waals surface area contributed by atoms with E-state index in [9.17, 15) is 23.3 Å². The molecule has 0 aromatic heterocycles. The summed E-state index contributed by atoms with van der Waals surface area (Å²) in [5, 5.41) is 13.5. The SMILES string of the molecule is Cc1cccc(N([C@@H](C)C(=O)Nc2cc([N+](=O)[O-])ccc2Cl)S(C)(=O)=O)c1. The molecule has 10 heteroatoms. The summed E-state index contributed by atoms with van der Waals surface area (Å²) in [5.74, 6) is -0.677. The molecule has 0 spiro atoms. The fraction of sp³-hybridized carbons (Fsp3) is 0.235. The van der Waals surface area contributed by atoms with Crippen molar-refractivity contribution in [2.75, 3.05) is 15.9 Å². The molecule has 0 saturated carbocycles. The molecule has 0 saturated heterocycles. The number of aryl methyl sites for hydroxylation is 1. The molecule has 2 rings (SSSR count). The van der Waals surface area contributed by atoms with Gasteiger partial charge in [0.25, 0.3) is 5.69 Å². The monoisotopic (exact) mass is 411 g/mol. The van der Waals surface area contributed by atoms with Gasteiger partial charge in [0.1, 0.15) is 6.04 Å². The Morgan fingerprint density at radius 1 is 1.26 bits per heavy atom. The summed E-state index contributed by atoms with van der Waals surface area (Å²) >= 11 is 5.99. The summed E-state index contributed by atoms with van der Waals surface area (Å²) in [7, 11) is -3.77. The number of amides is 1. The maximum Gasteiger partial charge on any atom is 0.271 e. The van der Waals surface area contributed by atoms with Crippen molar-refractivity contribution < 1.29 is 18.1 Å². The average molecular weight is 412 g/mol. The Morgan fingerprint density at radius 2 is 1.93 bits per heavy atom. The van der Waals surface area contributed by atoms with Crippen LogP contribution in [0.5, 0.6) is 0 Å². The van der Waals surface area contributed by atoms with Gasteiger partial charge in [0.2, 0.25) is 15.9 Å². The number of hydrogen-bond acceptors (Lipinski definition) is 5. The molecule has 1 atom stereocenters. The van der Waals surface area contributed by atoms with Gasteiger partial charge < -0.3 is 5.32 Å². The fourth-order valence-corrected chi connectivity index (χ4v) is 3.87. The molecular weight excluding hydrogens is 394 g/mol. The number of benzene rings is 2. The summed E-state index contributed by atoms with van der Waals surface area (Å²) in [4.78, 5) is 22.9. The van der Waals surface area contributed by atoms with Crippen molar-refractivity contribution in [1.29, 1.82) is 0 Å². The number of carbonyl (C=O) groups is 1. The molecule has 0 heterocycles. The molecule has 0 bridgehead atoms. The molecule has 2 aromatic carbocycles. The number of nitrogens with one attached hydrogen (secondary N) is 1. The van der Waals surface area contributed by atoms with Gasteiger partial charge in [0.15, 0.2) is 0 Å². The van der Waals surface area contributed by atoms with Crippen LogP contribution in [-0.4, -0.2) is 31.5 Å². The number of nitro benzene ring substituents is 1. The maximum atomic E-state index is 12.6. The van der Waals surface area contributed by atoms with E-state index in [1.165, 1.54) is 19.1 Å². The molecule has 144 valence electrons. The molecular formula is C17H18ClN3O5S. The third-order valence-electron chi connectivity index (χ3n) is 3.76. The van der Waals surface area contributed by atoms with Crippen LogP contribution in [0, 0.1) is 17.0 Å². The van der Waals surface area contributed by atoms with E-state index >= 15 is 0 Å². The molecule has 0 unspecified atom stereocenters. The van der Waals surface area contributed by atoms with Crippen molar-refractivity contribution in [3.63, 3.8) is 0 Å². The summed E-state index contributed by atoms with van der Waals surface area (Å²) in [5.41, 5.74) is 0.946. The van der Waals surface area contributed by atoms with Crippen molar-refractivity contribution in [3.8, 4) is 0 Å². The lowest BCUT2D eigenvalue weighted by atomic mass is 10.2. The third kappa shape index (κ3) is 4.95. The minimum absolute atomic E-state index is 0.0282. The van der Waals surface area contributed by atoms with Gasteiger partial charge in [-0.3, -0.25) is 19.2 Å². The van der Waals surface area contributed by atoms with Crippen LogP contribution in [0.3, 0.4) is 0 Å². The van der Waals surface area contributed by atoms with E-state index in [1.54, 1.807) is 31.2 Å². The second-order valence-electron chi connectivity index (χ2n) is 5.98. The minimum Gasteiger partial charge on any atom is -0.323 e. The van der Waals surface area contributed by atoms with Gasteiger partial charge in [-0.15, -0.1) is 0 Å². The third-order valence-corrected chi connectivity index (χ3v) is 5.33. The zero-order chi connectivity index (χ0) is 20.4. The molecule has 0 fully saturated rings. The van der Waals surface area contributed by atoms with Gasteiger partial charge in [-0.2, -0.15) is 0 Å². The number of non-ortho nitro benzene ring substituents is 1. The smallest absolute Gasteiger partial charge is 0.271 e. The zero-order valence-electron chi connectivity index (χ0n) is 14.8. The normalized spacial score (nSPS) is 12.3. The minimum atomic E-state index is -3.77. The van der Waals surface area contributed by atoms with E-state index < -0.39 is 26.9 Å². The van der Waals surface area contributed by atoms with Gasteiger partial charge in [-0.1, -0.05) is 23.7 Å². The van der Waals surface area contributed by atoms with Gasteiger partial charge >= 0.3 is 0 Å². The molecule has 8 nitrogen and oxygen atoms in total. The average Bonchev–Trinajstić information content (AvgIpc) is 2.55. The maximum absolute atomic E-state index is 12.6. The Balaban J connectivity index is 2.36. The van der Waals surface area contributed by atoms with E-state index in [0.29, 0.717) is 5.69 Å². The van der Waals surface area contributed by atoms with Crippen LogP contribution in [0.25, 0.3) is 0 Å². The molecule has 0 radical (unpaired) electrons. The first-order valence-corrected chi connectivity index (χ1v) is 10.0. The predicted octanol–water partition coefficient (Wildman–Crippen LogP) is 3.35. The van der Waals surface area contributed by atoms with E-state index in [2.05, 4.69) is 5.32 Å². The van der Waals surface area contributed by atoms with Crippen LogP contribution >= 0.6 is 11.6 Å². The van der Waals surface area contributed by atoms with Gasteiger partial charge in [-0.25, -0.2) is 8.42 Å². The molecule has 2 aromatic rings.